The Morgan fingerprint density at radius 1 is 1.32 bits per heavy atom. The molecule has 1 heterocycles. The lowest BCUT2D eigenvalue weighted by molar-refractivity contribution is -0.132. The molecule has 1 unspecified atom stereocenters. The number of piperidine rings is 1. The standard InChI is InChI=1S/C16H22BrN3O2/c1-18-14-3-2-10-20(11-14)15(21)8-9-19-16(22)12-4-6-13(17)7-5-12/h4-7,14,18H,2-3,8-11H2,1H3,(H,19,22). The monoisotopic (exact) mass is 367 g/mol. The number of benzene rings is 1. The molecule has 2 rings (SSSR count). The Balaban J connectivity index is 1.74. The number of likely N-dealkylation sites (tertiary alicyclic amines) is 1. The molecule has 1 atom stereocenters. The van der Waals surface area contributed by atoms with Crippen LogP contribution in [0.5, 0.6) is 0 Å². The number of carbonyl (C=O) groups excluding carboxylic acids is 2. The number of hydrogen-bond donors (Lipinski definition) is 2. The summed E-state index contributed by atoms with van der Waals surface area (Å²) in [5, 5.41) is 6.02. The smallest absolute Gasteiger partial charge is 0.251 e. The molecule has 22 heavy (non-hydrogen) atoms. The lowest BCUT2D eigenvalue weighted by Crippen LogP contribution is -2.47. The van der Waals surface area contributed by atoms with Gasteiger partial charge < -0.3 is 15.5 Å². The molecule has 0 aromatic heterocycles. The number of halogens is 1. The van der Waals surface area contributed by atoms with E-state index in [2.05, 4.69) is 26.6 Å². The summed E-state index contributed by atoms with van der Waals surface area (Å²) in [4.78, 5) is 26.0. The van der Waals surface area contributed by atoms with Crippen LogP contribution in [0.15, 0.2) is 28.7 Å². The van der Waals surface area contributed by atoms with Gasteiger partial charge in [-0.2, -0.15) is 0 Å². The Hall–Kier alpha value is -1.40. The highest BCUT2D eigenvalue weighted by Gasteiger charge is 2.22. The summed E-state index contributed by atoms with van der Waals surface area (Å²) < 4.78 is 0.934. The molecule has 1 saturated heterocycles. The van der Waals surface area contributed by atoms with Gasteiger partial charge >= 0.3 is 0 Å². The third-order valence-corrected chi connectivity index (χ3v) is 4.44. The molecule has 1 aromatic carbocycles. The number of rotatable bonds is 5. The van der Waals surface area contributed by atoms with Crippen molar-refractivity contribution in [2.24, 2.45) is 0 Å². The maximum Gasteiger partial charge on any atom is 0.251 e. The molecular weight excluding hydrogens is 346 g/mol. The van der Waals surface area contributed by atoms with Gasteiger partial charge in [0.2, 0.25) is 5.91 Å². The van der Waals surface area contributed by atoms with Gasteiger partial charge in [-0.15, -0.1) is 0 Å². The molecule has 1 aliphatic rings. The highest BCUT2D eigenvalue weighted by molar-refractivity contribution is 9.10. The first-order valence-electron chi connectivity index (χ1n) is 7.59. The average molecular weight is 368 g/mol. The fourth-order valence-corrected chi connectivity index (χ4v) is 2.85. The molecule has 0 radical (unpaired) electrons. The maximum atomic E-state index is 12.2. The van der Waals surface area contributed by atoms with Crippen molar-refractivity contribution in [2.45, 2.75) is 25.3 Å². The fraction of sp³-hybridized carbons (Fsp3) is 0.500. The van der Waals surface area contributed by atoms with E-state index in [1.807, 2.05) is 24.1 Å². The second-order valence-corrected chi connectivity index (χ2v) is 6.40. The van der Waals surface area contributed by atoms with Crippen LogP contribution in [0.25, 0.3) is 0 Å². The fourth-order valence-electron chi connectivity index (χ4n) is 2.58. The van der Waals surface area contributed by atoms with E-state index in [9.17, 15) is 9.59 Å². The van der Waals surface area contributed by atoms with E-state index in [1.165, 1.54) is 0 Å². The van der Waals surface area contributed by atoms with Crippen molar-refractivity contribution in [3.8, 4) is 0 Å². The second kappa shape index (κ2) is 8.29. The molecule has 0 saturated carbocycles. The summed E-state index contributed by atoms with van der Waals surface area (Å²) in [6, 6.07) is 7.54. The van der Waals surface area contributed by atoms with Gasteiger partial charge in [0.1, 0.15) is 0 Å². The highest BCUT2D eigenvalue weighted by Crippen LogP contribution is 2.11. The maximum absolute atomic E-state index is 12.2. The summed E-state index contributed by atoms with van der Waals surface area (Å²) >= 11 is 3.33. The lowest BCUT2D eigenvalue weighted by Gasteiger charge is -2.32. The average Bonchev–Trinajstić information content (AvgIpc) is 2.55. The predicted octanol–water partition coefficient (Wildman–Crippen LogP) is 1.78. The van der Waals surface area contributed by atoms with E-state index in [4.69, 9.17) is 0 Å². The zero-order chi connectivity index (χ0) is 15.9. The Morgan fingerprint density at radius 3 is 2.73 bits per heavy atom. The molecular formula is C16H22BrN3O2. The van der Waals surface area contributed by atoms with Crippen molar-refractivity contribution >= 4 is 27.7 Å². The van der Waals surface area contributed by atoms with Crippen molar-refractivity contribution in [3.63, 3.8) is 0 Å². The number of amides is 2. The predicted molar refractivity (Wildman–Crippen MR) is 89.8 cm³/mol. The first kappa shape index (κ1) is 17.0. The minimum Gasteiger partial charge on any atom is -0.352 e. The topological polar surface area (TPSA) is 61.4 Å². The number of hydrogen-bond acceptors (Lipinski definition) is 3. The van der Waals surface area contributed by atoms with Gasteiger partial charge in [-0.25, -0.2) is 0 Å². The van der Waals surface area contributed by atoms with Gasteiger partial charge in [-0.05, 0) is 44.2 Å². The SMILES string of the molecule is CNC1CCCN(C(=O)CCNC(=O)c2ccc(Br)cc2)C1. The Bertz CT molecular complexity index is 519. The van der Waals surface area contributed by atoms with E-state index in [-0.39, 0.29) is 11.8 Å². The molecule has 0 bridgehead atoms. The van der Waals surface area contributed by atoms with E-state index in [0.29, 0.717) is 24.6 Å². The van der Waals surface area contributed by atoms with E-state index in [1.54, 1.807) is 12.1 Å². The van der Waals surface area contributed by atoms with E-state index < -0.39 is 0 Å². The number of nitrogens with one attached hydrogen (secondary N) is 2. The van der Waals surface area contributed by atoms with Gasteiger partial charge in [-0.1, -0.05) is 15.9 Å². The van der Waals surface area contributed by atoms with Crippen LogP contribution in [0, 0.1) is 0 Å². The summed E-state index contributed by atoms with van der Waals surface area (Å²) in [6.07, 6.45) is 2.49. The van der Waals surface area contributed by atoms with E-state index in [0.717, 1.165) is 30.4 Å². The van der Waals surface area contributed by atoms with Crippen LogP contribution in [-0.2, 0) is 4.79 Å². The van der Waals surface area contributed by atoms with Crippen molar-refractivity contribution in [3.05, 3.63) is 34.3 Å². The van der Waals surface area contributed by atoms with Gasteiger partial charge in [0.25, 0.3) is 5.91 Å². The molecule has 2 N–H and O–H groups in total. The Kier molecular flexibility index (Phi) is 6.39. The van der Waals surface area contributed by atoms with Crippen LogP contribution < -0.4 is 10.6 Å². The molecule has 2 amide bonds. The second-order valence-electron chi connectivity index (χ2n) is 5.48. The minimum atomic E-state index is -0.146. The summed E-state index contributed by atoms with van der Waals surface area (Å²) in [6.45, 7) is 1.95. The first-order chi connectivity index (χ1) is 10.6. The third kappa shape index (κ3) is 4.81. The molecule has 120 valence electrons. The van der Waals surface area contributed by atoms with Crippen molar-refractivity contribution in [2.75, 3.05) is 26.7 Å². The van der Waals surface area contributed by atoms with Crippen molar-refractivity contribution in [1.82, 2.24) is 15.5 Å². The number of likely N-dealkylation sites (N-methyl/N-ethyl adjacent to an activating group) is 1. The summed E-state index contributed by atoms with van der Waals surface area (Å²) in [7, 11) is 1.93. The van der Waals surface area contributed by atoms with Gasteiger partial charge in [0, 0.05) is 42.1 Å². The highest BCUT2D eigenvalue weighted by atomic mass is 79.9. The van der Waals surface area contributed by atoms with Crippen LogP contribution in [0.2, 0.25) is 0 Å². The van der Waals surface area contributed by atoms with Crippen molar-refractivity contribution in [1.29, 1.82) is 0 Å². The van der Waals surface area contributed by atoms with Crippen LogP contribution >= 0.6 is 15.9 Å². The van der Waals surface area contributed by atoms with Gasteiger partial charge in [-0.3, -0.25) is 9.59 Å². The van der Waals surface area contributed by atoms with Crippen LogP contribution in [0.1, 0.15) is 29.6 Å². The molecule has 5 nitrogen and oxygen atoms in total. The van der Waals surface area contributed by atoms with Crippen LogP contribution in [-0.4, -0.2) is 49.4 Å². The number of carbonyl (C=O) groups is 2. The van der Waals surface area contributed by atoms with Crippen LogP contribution in [0.3, 0.4) is 0 Å². The minimum absolute atomic E-state index is 0.107. The van der Waals surface area contributed by atoms with Gasteiger partial charge in [0.05, 0.1) is 0 Å². The van der Waals surface area contributed by atoms with E-state index >= 15 is 0 Å². The Labute approximate surface area is 139 Å². The van der Waals surface area contributed by atoms with Gasteiger partial charge in [0.15, 0.2) is 0 Å². The molecule has 0 spiro atoms. The zero-order valence-corrected chi connectivity index (χ0v) is 14.4. The summed E-state index contributed by atoms with van der Waals surface area (Å²) in [5.74, 6) is -0.0388. The third-order valence-electron chi connectivity index (χ3n) is 3.91. The first-order valence-corrected chi connectivity index (χ1v) is 8.38. The van der Waals surface area contributed by atoms with Crippen molar-refractivity contribution < 1.29 is 9.59 Å². The molecule has 1 fully saturated rings. The largest absolute Gasteiger partial charge is 0.352 e. The summed E-state index contributed by atoms with van der Waals surface area (Å²) in [5.41, 5.74) is 0.601. The zero-order valence-electron chi connectivity index (χ0n) is 12.8. The Morgan fingerprint density at radius 2 is 2.05 bits per heavy atom. The normalized spacial score (nSPS) is 18.1. The molecule has 1 aliphatic heterocycles. The lowest BCUT2D eigenvalue weighted by atomic mass is 10.1. The van der Waals surface area contributed by atoms with Crippen LogP contribution in [0.4, 0.5) is 0 Å². The molecule has 1 aromatic rings. The quantitative estimate of drug-likeness (QED) is 0.833. The molecule has 0 aliphatic carbocycles. The number of nitrogens with zero attached hydrogens (tertiary/aromatic N) is 1. The molecule has 6 heteroatoms.